The molecule has 0 fully saturated rings. The smallest absolute Gasteiger partial charge is 0.218 e. The van der Waals surface area contributed by atoms with E-state index in [9.17, 15) is 0 Å². The predicted octanol–water partition coefficient (Wildman–Crippen LogP) is 0.405. The van der Waals surface area contributed by atoms with Gasteiger partial charge < -0.3 is 4.84 Å². The lowest BCUT2D eigenvalue weighted by Crippen LogP contribution is -2.03. The third-order valence-electron chi connectivity index (χ3n) is 0.461. The summed E-state index contributed by atoms with van der Waals surface area (Å²) in [6, 6.07) is 0. The first kappa shape index (κ1) is 3.96. The Hall–Kier alpha value is -0.210. The summed E-state index contributed by atoms with van der Waals surface area (Å²) < 4.78 is 0. The van der Waals surface area contributed by atoms with E-state index < -0.39 is 0 Å². The molecule has 0 atom stereocenters. The maximum absolute atomic E-state index is 5.23. The Morgan fingerprint density at radius 2 is 2.83 bits per heavy atom. The van der Waals surface area contributed by atoms with Crippen LogP contribution in [0.3, 0.4) is 0 Å². The highest BCUT2D eigenvalue weighted by molar-refractivity contribution is 6.28. The van der Waals surface area contributed by atoms with Crippen LogP contribution < -0.4 is 5.48 Å². The van der Waals surface area contributed by atoms with Gasteiger partial charge in [-0.1, -0.05) is 0 Å². The van der Waals surface area contributed by atoms with Gasteiger partial charge in [0.15, 0.2) is 0 Å². The van der Waals surface area contributed by atoms with Crippen molar-refractivity contribution >= 4 is 11.6 Å². The van der Waals surface area contributed by atoms with Crippen molar-refractivity contribution < 1.29 is 4.84 Å². The van der Waals surface area contributed by atoms with Gasteiger partial charge in [0.2, 0.25) is 5.22 Å². The zero-order valence-corrected chi connectivity index (χ0v) is 3.75. The Labute approximate surface area is 40.7 Å². The van der Waals surface area contributed by atoms with Crippen LogP contribution in [0.2, 0.25) is 0 Å². The molecule has 0 amide bonds. The largest absolute Gasteiger partial charge is 0.396 e. The number of rotatable bonds is 0. The summed E-state index contributed by atoms with van der Waals surface area (Å²) in [6.07, 6.45) is 2.67. The fourth-order valence-electron chi connectivity index (χ4n) is 0.241. The monoisotopic (exact) mass is 104 g/mol. The van der Waals surface area contributed by atoms with Crippen molar-refractivity contribution in [2.45, 2.75) is 0 Å². The van der Waals surface area contributed by atoms with Crippen LogP contribution in [0.5, 0.6) is 0 Å². The first-order chi connectivity index (χ1) is 2.89. The Balaban J connectivity index is 2.45. The van der Waals surface area contributed by atoms with Gasteiger partial charge in [0.1, 0.15) is 0 Å². The number of hydrogen-bond acceptors (Lipinski definition) is 2. The molecule has 1 radical (unpaired) electrons. The maximum atomic E-state index is 5.23. The lowest BCUT2D eigenvalue weighted by atomic mass is 10.7. The summed E-state index contributed by atoms with van der Waals surface area (Å²) in [5, 5.41) is 0.315. The predicted molar refractivity (Wildman–Crippen MR) is 21.7 cm³/mol. The van der Waals surface area contributed by atoms with E-state index >= 15 is 0 Å². The number of hydrogen-bond donors (Lipinski definition) is 1. The van der Waals surface area contributed by atoms with Crippen LogP contribution >= 0.6 is 11.6 Å². The first-order valence-electron chi connectivity index (χ1n) is 1.55. The van der Waals surface area contributed by atoms with Gasteiger partial charge >= 0.3 is 0 Å². The Kier molecular flexibility index (Phi) is 0.986. The molecule has 6 heavy (non-hydrogen) atoms. The molecule has 0 saturated heterocycles. The molecule has 3 heteroatoms. The van der Waals surface area contributed by atoms with Crippen LogP contribution in [0, 0.1) is 6.08 Å². The quantitative estimate of drug-likeness (QED) is 0.481. The molecule has 0 aromatic carbocycles. The third kappa shape index (κ3) is 0.640. The number of nitrogens with one attached hydrogen (secondary N) is 1. The highest BCUT2D eigenvalue weighted by Gasteiger charge is 1.97. The molecule has 1 heterocycles. The topological polar surface area (TPSA) is 21.3 Å². The molecule has 1 aliphatic rings. The van der Waals surface area contributed by atoms with Gasteiger partial charge in [0.25, 0.3) is 0 Å². The van der Waals surface area contributed by atoms with Crippen molar-refractivity contribution in [3.63, 3.8) is 0 Å². The molecule has 0 saturated carbocycles. The van der Waals surface area contributed by atoms with E-state index in [2.05, 4.69) is 16.4 Å². The fourth-order valence-corrected chi connectivity index (χ4v) is 0.362. The van der Waals surface area contributed by atoms with E-state index in [0.717, 1.165) is 0 Å². The van der Waals surface area contributed by atoms with Crippen molar-refractivity contribution in [3.05, 3.63) is 11.3 Å². The lowest BCUT2D eigenvalue weighted by Gasteiger charge is -1.87. The Morgan fingerprint density at radius 1 is 2.00 bits per heavy atom. The van der Waals surface area contributed by atoms with E-state index in [4.69, 9.17) is 11.6 Å². The van der Waals surface area contributed by atoms with Crippen molar-refractivity contribution in [1.82, 2.24) is 5.48 Å². The second-order valence-corrected chi connectivity index (χ2v) is 1.22. The summed E-state index contributed by atoms with van der Waals surface area (Å²) >= 11 is 5.23. The van der Waals surface area contributed by atoms with Gasteiger partial charge in [-0.25, -0.2) is 0 Å². The fraction of sp³-hybridized carbons (Fsp3) is 0.333. The summed E-state index contributed by atoms with van der Waals surface area (Å²) in [4.78, 5) is 4.47. The molecule has 0 aromatic heterocycles. The summed E-state index contributed by atoms with van der Waals surface area (Å²) in [5.74, 6) is 0. The van der Waals surface area contributed by atoms with Gasteiger partial charge in [0.05, 0.1) is 6.54 Å². The molecule has 1 rings (SSSR count). The van der Waals surface area contributed by atoms with Crippen molar-refractivity contribution in [2.75, 3.05) is 6.54 Å². The first-order valence-corrected chi connectivity index (χ1v) is 1.93. The van der Waals surface area contributed by atoms with Crippen LogP contribution in [0.25, 0.3) is 0 Å². The second-order valence-electron chi connectivity index (χ2n) is 0.874. The third-order valence-corrected chi connectivity index (χ3v) is 0.672. The molecule has 0 unspecified atom stereocenters. The standard InChI is InChI=1S/C3H3ClNO/c4-3-1-2-5-6-3/h5H,2H2. The molecule has 1 aliphatic heterocycles. The molecule has 33 valence electrons. The minimum atomic E-state index is 0.315. The SMILES string of the molecule is ClC1=[C]CNO1. The van der Waals surface area contributed by atoms with E-state index in [1.54, 1.807) is 0 Å². The van der Waals surface area contributed by atoms with Crippen molar-refractivity contribution in [2.24, 2.45) is 0 Å². The zero-order chi connectivity index (χ0) is 4.41. The lowest BCUT2D eigenvalue weighted by molar-refractivity contribution is 0.158. The van der Waals surface area contributed by atoms with Crippen LogP contribution in [-0.2, 0) is 4.84 Å². The molecule has 0 spiro atoms. The zero-order valence-electron chi connectivity index (χ0n) is 2.99. The van der Waals surface area contributed by atoms with Crippen LogP contribution in [0.15, 0.2) is 5.22 Å². The van der Waals surface area contributed by atoms with Crippen molar-refractivity contribution in [3.8, 4) is 0 Å². The van der Waals surface area contributed by atoms with E-state index in [0.29, 0.717) is 11.8 Å². The van der Waals surface area contributed by atoms with Crippen LogP contribution in [0.1, 0.15) is 0 Å². The normalized spacial score (nSPS) is 19.8. The van der Waals surface area contributed by atoms with Gasteiger partial charge in [-0.2, -0.15) is 5.48 Å². The van der Waals surface area contributed by atoms with Crippen LogP contribution in [0.4, 0.5) is 0 Å². The molecule has 0 bridgehead atoms. The van der Waals surface area contributed by atoms with Gasteiger partial charge in [-0.05, 0) is 11.6 Å². The molecular weight excluding hydrogens is 101 g/mol. The average molecular weight is 105 g/mol. The Bertz CT molecular complexity index is 80.9. The molecule has 0 aromatic rings. The summed E-state index contributed by atoms with van der Waals surface area (Å²) in [5.41, 5.74) is 2.49. The minimum absolute atomic E-state index is 0.315. The molecule has 2 nitrogen and oxygen atoms in total. The highest BCUT2D eigenvalue weighted by atomic mass is 35.5. The van der Waals surface area contributed by atoms with Crippen LogP contribution in [-0.4, -0.2) is 6.54 Å². The second kappa shape index (κ2) is 1.49. The van der Waals surface area contributed by atoms with Gasteiger partial charge in [0, 0.05) is 6.08 Å². The summed E-state index contributed by atoms with van der Waals surface area (Å²) in [6.45, 7) is 0.596. The van der Waals surface area contributed by atoms with E-state index in [1.165, 1.54) is 0 Å². The Morgan fingerprint density at radius 3 is 3.00 bits per heavy atom. The van der Waals surface area contributed by atoms with Gasteiger partial charge in [-0.3, -0.25) is 0 Å². The molecular formula is C3H3ClNO. The van der Waals surface area contributed by atoms with Gasteiger partial charge in [-0.15, -0.1) is 0 Å². The van der Waals surface area contributed by atoms with E-state index in [-0.39, 0.29) is 0 Å². The maximum Gasteiger partial charge on any atom is 0.218 e. The molecule has 0 aliphatic carbocycles. The average Bonchev–Trinajstić information content (AvgIpc) is 1.86. The van der Waals surface area contributed by atoms with Crippen molar-refractivity contribution in [1.29, 1.82) is 0 Å². The number of hydroxylamine groups is 1. The van der Waals surface area contributed by atoms with E-state index in [1.807, 2.05) is 0 Å². The summed E-state index contributed by atoms with van der Waals surface area (Å²) in [7, 11) is 0. The minimum Gasteiger partial charge on any atom is -0.396 e. The molecule has 1 N–H and O–H groups in total. The highest BCUT2D eigenvalue weighted by Crippen LogP contribution is 2.02. The number of halogens is 1.